The van der Waals surface area contributed by atoms with Gasteiger partial charge in [-0.05, 0) is 25.0 Å². The highest BCUT2D eigenvalue weighted by atomic mass is 16.3. The summed E-state index contributed by atoms with van der Waals surface area (Å²) in [4.78, 5) is 12.6. The van der Waals surface area contributed by atoms with Crippen LogP contribution >= 0.6 is 0 Å². The molecular weight excluding hydrogens is 252 g/mol. The average molecular weight is 272 g/mol. The van der Waals surface area contributed by atoms with Crippen molar-refractivity contribution in [1.29, 1.82) is 0 Å². The van der Waals surface area contributed by atoms with Crippen LogP contribution in [-0.4, -0.2) is 32.2 Å². The Hall–Kier alpha value is -1.75. The van der Waals surface area contributed by atoms with Gasteiger partial charge in [0.1, 0.15) is 12.1 Å². The highest BCUT2D eigenvalue weighted by molar-refractivity contribution is 5.85. The second-order valence-electron chi connectivity index (χ2n) is 5.59. The lowest BCUT2D eigenvalue weighted by molar-refractivity contribution is 0.0381. The highest BCUT2D eigenvalue weighted by Crippen LogP contribution is 2.27. The van der Waals surface area contributed by atoms with Crippen LogP contribution in [0.2, 0.25) is 0 Å². The summed E-state index contributed by atoms with van der Waals surface area (Å²) in [5.41, 5.74) is 0.0635. The molecule has 2 heterocycles. The van der Waals surface area contributed by atoms with Crippen molar-refractivity contribution in [3.05, 3.63) is 24.7 Å². The van der Waals surface area contributed by atoms with Crippen LogP contribution in [0.25, 0.3) is 11.0 Å². The average Bonchev–Trinajstić information content (AvgIpc) is 2.70. The number of fused-ring (bicyclic) bond motifs is 1. The van der Waals surface area contributed by atoms with Crippen LogP contribution in [0.15, 0.2) is 24.7 Å². The summed E-state index contributed by atoms with van der Waals surface area (Å²) in [6.45, 7) is 0.536. The Morgan fingerprint density at radius 1 is 1.10 bits per heavy atom. The standard InChI is InChI=1S/C15H20N4O/c20-15(7-3-1-2-4-8-15)10-17-14-12-6-5-9-16-13(12)18-11-19-14/h5-6,9,11,20H,1-4,7-8,10H2,(H,16,17,18,19). The first-order valence-electron chi connectivity index (χ1n) is 7.29. The summed E-state index contributed by atoms with van der Waals surface area (Å²) in [5.74, 6) is 0.751. The molecule has 0 amide bonds. The zero-order valence-electron chi connectivity index (χ0n) is 11.5. The number of nitrogens with zero attached hydrogens (tertiary/aromatic N) is 3. The molecule has 1 saturated carbocycles. The Balaban J connectivity index is 1.76. The van der Waals surface area contributed by atoms with Crippen molar-refractivity contribution in [1.82, 2.24) is 15.0 Å². The summed E-state index contributed by atoms with van der Waals surface area (Å²) in [6.07, 6.45) is 9.61. The molecule has 0 aliphatic heterocycles. The number of nitrogens with one attached hydrogen (secondary N) is 1. The van der Waals surface area contributed by atoms with Gasteiger partial charge in [0.15, 0.2) is 5.65 Å². The number of hydrogen-bond donors (Lipinski definition) is 2. The van der Waals surface area contributed by atoms with Crippen LogP contribution in [0.4, 0.5) is 5.82 Å². The van der Waals surface area contributed by atoms with Crippen molar-refractivity contribution in [3.8, 4) is 0 Å². The Bertz CT molecular complexity index is 574. The molecule has 20 heavy (non-hydrogen) atoms. The van der Waals surface area contributed by atoms with Gasteiger partial charge in [-0.3, -0.25) is 0 Å². The van der Waals surface area contributed by atoms with E-state index < -0.39 is 5.60 Å². The molecule has 0 aromatic carbocycles. The fourth-order valence-corrected chi connectivity index (χ4v) is 2.85. The molecule has 106 valence electrons. The van der Waals surface area contributed by atoms with Crippen LogP contribution in [-0.2, 0) is 0 Å². The predicted molar refractivity (Wildman–Crippen MR) is 78.5 cm³/mol. The topological polar surface area (TPSA) is 70.9 Å². The van der Waals surface area contributed by atoms with Gasteiger partial charge in [0.25, 0.3) is 0 Å². The van der Waals surface area contributed by atoms with E-state index in [9.17, 15) is 5.11 Å². The third-order valence-corrected chi connectivity index (χ3v) is 4.03. The van der Waals surface area contributed by atoms with Gasteiger partial charge in [0.05, 0.1) is 11.0 Å². The fourth-order valence-electron chi connectivity index (χ4n) is 2.85. The van der Waals surface area contributed by atoms with E-state index in [4.69, 9.17) is 0 Å². The maximum atomic E-state index is 10.7. The van der Waals surface area contributed by atoms with Crippen LogP contribution in [0.5, 0.6) is 0 Å². The maximum absolute atomic E-state index is 10.7. The van der Waals surface area contributed by atoms with E-state index in [0.29, 0.717) is 12.2 Å². The maximum Gasteiger partial charge on any atom is 0.164 e. The molecule has 0 saturated heterocycles. The van der Waals surface area contributed by atoms with Crippen LogP contribution in [0, 0.1) is 0 Å². The number of hydrogen-bond acceptors (Lipinski definition) is 5. The predicted octanol–water partition coefficient (Wildman–Crippen LogP) is 2.52. The number of aromatic nitrogens is 3. The molecule has 2 N–H and O–H groups in total. The molecule has 3 rings (SSSR count). The molecule has 1 aliphatic rings. The molecule has 0 radical (unpaired) electrons. The van der Waals surface area contributed by atoms with E-state index in [2.05, 4.69) is 20.3 Å². The lowest BCUT2D eigenvalue weighted by atomic mass is 9.94. The lowest BCUT2D eigenvalue weighted by Gasteiger charge is -2.27. The van der Waals surface area contributed by atoms with Crippen molar-refractivity contribution in [2.24, 2.45) is 0 Å². The summed E-state index contributed by atoms with van der Waals surface area (Å²) in [7, 11) is 0. The van der Waals surface area contributed by atoms with Gasteiger partial charge < -0.3 is 10.4 Å². The Labute approximate surface area is 118 Å². The summed E-state index contributed by atoms with van der Waals surface area (Å²) in [5, 5.41) is 14.8. The van der Waals surface area contributed by atoms with E-state index in [1.165, 1.54) is 19.2 Å². The molecule has 2 aromatic rings. The largest absolute Gasteiger partial charge is 0.388 e. The molecule has 1 aliphatic carbocycles. The van der Waals surface area contributed by atoms with Gasteiger partial charge in [0, 0.05) is 12.7 Å². The van der Waals surface area contributed by atoms with Crippen molar-refractivity contribution in [2.45, 2.75) is 44.1 Å². The minimum atomic E-state index is -0.615. The number of rotatable bonds is 3. The molecule has 2 aromatic heterocycles. The first kappa shape index (κ1) is 13.2. The van der Waals surface area contributed by atoms with Gasteiger partial charge in [-0.2, -0.15) is 0 Å². The minimum absolute atomic E-state index is 0.536. The first-order chi connectivity index (χ1) is 9.77. The summed E-state index contributed by atoms with van der Waals surface area (Å²) in [6, 6.07) is 3.82. The van der Waals surface area contributed by atoms with Crippen molar-refractivity contribution >= 4 is 16.9 Å². The minimum Gasteiger partial charge on any atom is -0.388 e. The van der Waals surface area contributed by atoms with Crippen LogP contribution in [0.3, 0.4) is 0 Å². The van der Waals surface area contributed by atoms with Crippen molar-refractivity contribution < 1.29 is 5.11 Å². The quantitative estimate of drug-likeness (QED) is 0.840. The van der Waals surface area contributed by atoms with Gasteiger partial charge in [-0.25, -0.2) is 15.0 Å². The van der Waals surface area contributed by atoms with Gasteiger partial charge in [0.2, 0.25) is 0 Å². The van der Waals surface area contributed by atoms with E-state index in [1.54, 1.807) is 6.20 Å². The third-order valence-electron chi connectivity index (χ3n) is 4.03. The zero-order valence-corrected chi connectivity index (χ0v) is 11.5. The van der Waals surface area contributed by atoms with E-state index in [1.807, 2.05) is 12.1 Å². The SMILES string of the molecule is OC1(CNc2ncnc3ncccc23)CCCCCC1. The van der Waals surface area contributed by atoms with E-state index in [-0.39, 0.29) is 0 Å². The van der Waals surface area contributed by atoms with E-state index in [0.717, 1.165) is 36.9 Å². The zero-order chi connectivity index (χ0) is 13.8. The second-order valence-corrected chi connectivity index (χ2v) is 5.59. The second kappa shape index (κ2) is 5.71. The molecule has 0 spiro atoms. The van der Waals surface area contributed by atoms with E-state index >= 15 is 0 Å². The molecule has 1 fully saturated rings. The first-order valence-corrected chi connectivity index (χ1v) is 7.29. The van der Waals surface area contributed by atoms with Gasteiger partial charge >= 0.3 is 0 Å². The molecule has 0 bridgehead atoms. The smallest absolute Gasteiger partial charge is 0.164 e. The number of anilines is 1. The Morgan fingerprint density at radius 2 is 1.90 bits per heavy atom. The van der Waals surface area contributed by atoms with Gasteiger partial charge in [-0.1, -0.05) is 25.7 Å². The molecular formula is C15H20N4O. The number of aliphatic hydroxyl groups is 1. The van der Waals surface area contributed by atoms with Gasteiger partial charge in [-0.15, -0.1) is 0 Å². The Kier molecular flexibility index (Phi) is 3.78. The normalized spacial score (nSPS) is 18.6. The molecule has 0 atom stereocenters. The van der Waals surface area contributed by atoms with Crippen molar-refractivity contribution in [3.63, 3.8) is 0 Å². The molecule has 5 nitrogen and oxygen atoms in total. The van der Waals surface area contributed by atoms with Crippen LogP contribution < -0.4 is 5.32 Å². The fraction of sp³-hybridized carbons (Fsp3) is 0.533. The molecule has 0 unspecified atom stereocenters. The van der Waals surface area contributed by atoms with Crippen LogP contribution in [0.1, 0.15) is 38.5 Å². The monoisotopic (exact) mass is 272 g/mol. The lowest BCUT2D eigenvalue weighted by Crippen LogP contribution is -2.36. The summed E-state index contributed by atoms with van der Waals surface area (Å²) >= 11 is 0. The number of pyridine rings is 1. The Morgan fingerprint density at radius 3 is 2.70 bits per heavy atom. The van der Waals surface area contributed by atoms with Crippen molar-refractivity contribution in [2.75, 3.05) is 11.9 Å². The highest BCUT2D eigenvalue weighted by Gasteiger charge is 2.27. The summed E-state index contributed by atoms with van der Waals surface area (Å²) < 4.78 is 0. The third kappa shape index (κ3) is 2.88. The molecule has 5 heteroatoms.